The molecule has 0 bridgehead atoms. The van der Waals surface area contributed by atoms with Gasteiger partial charge in [-0.15, -0.1) is 0 Å². The first-order valence-electron chi connectivity index (χ1n) is 9.23. The second-order valence-electron chi connectivity index (χ2n) is 9.90. The summed E-state index contributed by atoms with van der Waals surface area (Å²) < 4.78 is 15.0. The first-order valence-corrected chi connectivity index (χ1v) is 12.2. The van der Waals surface area contributed by atoms with Gasteiger partial charge in [0, 0.05) is 5.52 Å². The monoisotopic (exact) mass is 357 g/mol. The fraction of sp³-hybridized carbons (Fsp3) is 0.600. The minimum Gasteiger partial charge on any atom is -0.399 e. The second-order valence-corrected chi connectivity index (χ2v) is 15.0. The van der Waals surface area contributed by atoms with Crippen LogP contribution in [0, 0.1) is 0 Å². The maximum atomic E-state index is 6.25. The van der Waals surface area contributed by atoms with Gasteiger partial charge in [0.2, 0.25) is 0 Å². The summed E-state index contributed by atoms with van der Waals surface area (Å²) in [7, 11) is -1.99. The smallest absolute Gasteiger partial charge is 0.399 e. The fourth-order valence-corrected chi connectivity index (χ4v) is 5.09. The quantitative estimate of drug-likeness (QED) is 0.721. The number of rotatable bonds is 2. The van der Waals surface area contributed by atoms with Gasteiger partial charge in [-0.05, 0) is 61.9 Å². The van der Waals surface area contributed by atoms with Gasteiger partial charge in [-0.25, -0.2) is 0 Å². The highest BCUT2D eigenvalue weighted by molar-refractivity contribution is 6.79. The van der Waals surface area contributed by atoms with Crippen LogP contribution in [0.5, 0.6) is 0 Å². The lowest BCUT2D eigenvalue weighted by Crippen LogP contribution is -2.45. The van der Waals surface area contributed by atoms with E-state index >= 15 is 0 Å². The van der Waals surface area contributed by atoms with E-state index in [0.717, 1.165) is 5.46 Å². The average molecular weight is 357 g/mol. The third kappa shape index (κ3) is 2.90. The van der Waals surface area contributed by atoms with Crippen molar-refractivity contribution in [2.75, 3.05) is 0 Å². The molecule has 0 radical (unpaired) electrons. The molecule has 0 atom stereocenters. The van der Waals surface area contributed by atoms with E-state index in [0.29, 0.717) is 0 Å². The molecule has 0 aliphatic carbocycles. The Morgan fingerprint density at radius 2 is 1.52 bits per heavy atom. The maximum absolute atomic E-state index is 6.25. The zero-order valence-corrected chi connectivity index (χ0v) is 18.2. The SMILES string of the molecule is CC1(C)OB(c2ccc3ccn([Si](C)(C)C(C)(C)C)c3c2)OC1(C)C. The topological polar surface area (TPSA) is 23.4 Å². The standard InChI is InChI=1S/C20H32BNO2Si/c1-18(2,3)25(8,9)22-13-12-15-10-11-16(14-17(15)22)21-23-19(4,5)20(6,7)24-21/h10-14H,1-9H3. The van der Waals surface area contributed by atoms with Crippen molar-refractivity contribution in [1.82, 2.24) is 4.23 Å². The summed E-state index contributed by atoms with van der Waals surface area (Å²) in [5.41, 5.74) is 1.77. The van der Waals surface area contributed by atoms with Gasteiger partial charge in [-0.3, -0.25) is 0 Å². The molecule has 25 heavy (non-hydrogen) atoms. The van der Waals surface area contributed by atoms with Crippen molar-refractivity contribution < 1.29 is 9.31 Å². The molecule has 0 N–H and O–H groups in total. The highest BCUT2D eigenvalue weighted by Gasteiger charge is 2.51. The predicted molar refractivity (Wildman–Crippen MR) is 110 cm³/mol. The van der Waals surface area contributed by atoms with Crippen LogP contribution in [-0.4, -0.2) is 30.8 Å². The van der Waals surface area contributed by atoms with E-state index in [9.17, 15) is 0 Å². The molecule has 0 spiro atoms. The van der Waals surface area contributed by atoms with Crippen LogP contribution in [0.3, 0.4) is 0 Å². The molecule has 1 fully saturated rings. The van der Waals surface area contributed by atoms with Crippen molar-refractivity contribution in [2.45, 2.75) is 77.8 Å². The number of hydrogen-bond donors (Lipinski definition) is 0. The molecule has 5 heteroatoms. The summed E-state index contributed by atoms with van der Waals surface area (Å²) in [4.78, 5) is 0. The Kier molecular flexibility index (Phi) is 4.11. The van der Waals surface area contributed by atoms with E-state index in [-0.39, 0.29) is 23.4 Å². The molecule has 1 aromatic carbocycles. The van der Waals surface area contributed by atoms with Gasteiger partial charge in [0.25, 0.3) is 0 Å². The van der Waals surface area contributed by atoms with E-state index in [1.54, 1.807) is 0 Å². The Balaban J connectivity index is 2.06. The molecule has 0 unspecified atom stereocenters. The van der Waals surface area contributed by atoms with Crippen molar-refractivity contribution in [2.24, 2.45) is 0 Å². The van der Waals surface area contributed by atoms with Crippen LogP contribution in [0.2, 0.25) is 18.1 Å². The molecule has 1 aliphatic rings. The zero-order chi connectivity index (χ0) is 18.8. The predicted octanol–water partition coefficient (Wildman–Crippen LogP) is 4.79. The van der Waals surface area contributed by atoms with Crippen molar-refractivity contribution >= 4 is 31.7 Å². The van der Waals surface area contributed by atoms with Crippen LogP contribution < -0.4 is 5.46 Å². The van der Waals surface area contributed by atoms with Gasteiger partial charge < -0.3 is 13.5 Å². The van der Waals surface area contributed by atoms with E-state index in [4.69, 9.17) is 9.31 Å². The first kappa shape index (κ1) is 18.7. The number of fused-ring (bicyclic) bond motifs is 1. The van der Waals surface area contributed by atoms with Gasteiger partial charge >= 0.3 is 7.12 Å². The van der Waals surface area contributed by atoms with Gasteiger partial charge in [-0.1, -0.05) is 46.0 Å². The summed E-state index contributed by atoms with van der Waals surface area (Å²) in [6, 6.07) is 8.82. The molecule has 2 aromatic rings. The molecule has 1 aliphatic heterocycles. The van der Waals surface area contributed by atoms with Crippen LogP contribution >= 0.6 is 0 Å². The maximum Gasteiger partial charge on any atom is 0.494 e. The summed E-state index contributed by atoms with van der Waals surface area (Å²) in [6.07, 6.45) is 2.26. The minimum absolute atomic E-state index is 0.277. The second kappa shape index (κ2) is 5.48. The van der Waals surface area contributed by atoms with Crippen LogP contribution in [0.25, 0.3) is 10.9 Å². The van der Waals surface area contributed by atoms with Gasteiger partial charge in [0.1, 0.15) is 0 Å². The Bertz CT molecular complexity index is 786. The molecule has 136 valence electrons. The lowest BCUT2D eigenvalue weighted by atomic mass is 9.79. The zero-order valence-electron chi connectivity index (χ0n) is 17.2. The van der Waals surface area contributed by atoms with Gasteiger partial charge in [0.05, 0.1) is 11.2 Å². The molecule has 3 nitrogen and oxygen atoms in total. The molecule has 1 aromatic heterocycles. The Labute approximate surface area is 153 Å². The number of benzene rings is 1. The normalized spacial score (nSPS) is 20.4. The minimum atomic E-state index is -1.68. The molecule has 1 saturated heterocycles. The summed E-state index contributed by atoms with van der Waals surface area (Å²) in [5.74, 6) is 0. The van der Waals surface area contributed by atoms with Crippen LogP contribution in [0.4, 0.5) is 0 Å². The Morgan fingerprint density at radius 3 is 2.04 bits per heavy atom. The Morgan fingerprint density at radius 1 is 0.960 bits per heavy atom. The highest BCUT2D eigenvalue weighted by Crippen LogP contribution is 2.39. The lowest BCUT2D eigenvalue weighted by molar-refractivity contribution is 0.00578. The van der Waals surface area contributed by atoms with Crippen molar-refractivity contribution in [1.29, 1.82) is 0 Å². The molecule has 2 heterocycles. The van der Waals surface area contributed by atoms with E-state index in [1.807, 2.05) is 0 Å². The van der Waals surface area contributed by atoms with Gasteiger partial charge in [-0.2, -0.15) is 0 Å². The average Bonchev–Trinajstić information content (AvgIpc) is 2.96. The number of aromatic nitrogens is 1. The van der Waals surface area contributed by atoms with Crippen LogP contribution in [-0.2, 0) is 9.31 Å². The van der Waals surface area contributed by atoms with Crippen molar-refractivity contribution in [3.63, 3.8) is 0 Å². The van der Waals surface area contributed by atoms with Crippen molar-refractivity contribution in [3.05, 3.63) is 30.5 Å². The molecular formula is C20H32BNO2Si. The first-order chi connectivity index (χ1) is 11.3. The Hall–Kier alpha value is -1.04. The third-order valence-corrected chi connectivity index (χ3v) is 11.9. The van der Waals surface area contributed by atoms with E-state index in [2.05, 4.69) is 96.3 Å². The number of hydrogen-bond acceptors (Lipinski definition) is 2. The third-order valence-electron chi connectivity index (χ3n) is 6.68. The lowest BCUT2D eigenvalue weighted by Gasteiger charge is -2.38. The van der Waals surface area contributed by atoms with E-state index < -0.39 is 8.24 Å². The van der Waals surface area contributed by atoms with Gasteiger partial charge in [0.15, 0.2) is 8.24 Å². The highest BCUT2D eigenvalue weighted by atomic mass is 28.3. The number of nitrogens with zero attached hydrogens (tertiary/aromatic N) is 1. The van der Waals surface area contributed by atoms with E-state index in [1.165, 1.54) is 10.9 Å². The van der Waals surface area contributed by atoms with Crippen molar-refractivity contribution in [3.8, 4) is 0 Å². The summed E-state index contributed by atoms with van der Waals surface area (Å²) in [6.45, 7) is 20.3. The fourth-order valence-electron chi connectivity index (χ4n) is 3.12. The molecular weight excluding hydrogens is 325 g/mol. The largest absolute Gasteiger partial charge is 0.494 e. The van der Waals surface area contributed by atoms with Crippen LogP contribution in [0.15, 0.2) is 30.5 Å². The summed E-state index contributed by atoms with van der Waals surface area (Å²) >= 11 is 0. The van der Waals surface area contributed by atoms with Crippen LogP contribution in [0.1, 0.15) is 48.5 Å². The molecule has 0 saturated carbocycles. The molecule has 3 rings (SSSR count). The summed E-state index contributed by atoms with van der Waals surface area (Å²) in [5, 5.41) is 1.56. The molecule has 0 amide bonds.